The molecule has 0 unspecified atom stereocenters. The molecule has 0 aliphatic carbocycles. The van der Waals surface area contributed by atoms with Gasteiger partial charge in [-0.1, -0.05) is 13.8 Å². The van der Waals surface area contributed by atoms with Crippen molar-refractivity contribution in [2.24, 2.45) is 11.0 Å². The molecule has 0 aliphatic rings. The predicted octanol–water partition coefficient (Wildman–Crippen LogP) is 3.87. The number of benzene rings is 1. The van der Waals surface area contributed by atoms with Crippen LogP contribution in [0.2, 0.25) is 0 Å². The Morgan fingerprint density at radius 1 is 1.28 bits per heavy atom. The van der Waals surface area contributed by atoms with E-state index in [1.165, 1.54) is 0 Å². The highest BCUT2D eigenvalue weighted by Crippen LogP contribution is 2.28. The topological polar surface area (TPSA) is 73.1 Å². The molecule has 1 aromatic heterocycles. The van der Waals surface area contributed by atoms with Crippen LogP contribution in [0.4, 0.5) is 0 Å². The minimum atomic E-state index is -0.335. The van der Waals surface area contributed by atoms with Gasteiger partial charge in [0.15, 0.2) is 11.5 Å². The number of carbonyl (C=O) groups excluding carboxylic acids is 1. The summed E-state index contributed by atoms with van der Waals surface area (Å²) in [6.07, 6.45) is 2.51. The van der Waals surface area contributed by atoms with Crippen LogP contribution in [-0.2, 0) is 0 Å². The summed E-state index contributed by atoms with van der Waals surface area (Å²) in [6, 6.07) is 8.59. The zero-order chi connectivity index (χ0) is 18.2. The van der Waals surface area contributed by atoms with Gasteiger partial charge in [0, 0.05) is 5.56 Å². The molecule has 6 nitrogen and oxygen atoms in total. The largest absolute Gasteiger partial charge is 0.493 e. The number of hydrogen-bond acceptors (Lipinski definition) is 5. The Bertz CT molecular complexity index is 721. The van der Waals surface area contributed by atoms with Crippen LogP contribution in [0.5, 0.6) is 11.5 Å². The van der Waals surface area contributed by atoms with Gasteiger partial charge in [0.1, 0.15) is 11.5 Å². The zero-order valence-electron chi connectivity index (χ0n) is 15.0. The number of methoxy groups -OCH3 is 1. The number of hydrazone groups is 1. The van der Waals surface area contributed by atoms with E-state index in [2.05, 4.69) is 24.4 Å². The second kappa shape index (κ2) is 8.92. The van der Waals surface area contributed by atoms with E-state index < -0.39 is 0 Å². The van der Waals surface area contributed by atoms with E-state index in [1.807, 2.05) is 0 Å². The number of ether oxygens (including phenoxy) is 2. The molecule has 0 saturated carbocycles. The van der Waals surface area contributed by atoms with Crippen LogP contribution >= 0.6 is 0 Å². The number of hydrogen-bond donors (Lipinski definition) is 1. The Hall–Kier alpha value is -2.76. The van der Waals surface area contributed by atoms with Crippen molar-refractivity contribution in [2.45, 2.75) is 27.2 Å². The van der Waals surface area contributed by atoms with Crippen LogP contribution in [0.25, 0.3) is 0 Å². The molecule has 0 fully saturated rings. The first-order chi connectivity index (χ1) is 12.0. The predicted molar refractivity (Wildman–Crippen MR) is 96.3 cm³/mol. The molecule has 1 N–H and O–H groups in total. The molecular weight excluding hydrogens is 320 g/mol. The molecule has 134 valence electrons. The Morgan fingerprint density at radius 2 is 2.08 bits per heavy atom. The van der Waals surface area contributed by atoms with Gasteiger partial charge in [-0.15, -0.1) is 0 Å². The third kappa shape index (κ3) is 5.38. The minimum absolute atomic E-state index is 0.335. The summed E-state index contributed by atoms with van der Waals surface area (Å²) in [6.45, 7) is 6.64. The highest BCUT2D eigenvalue weighted by Gasteiger charge is 2.11. The standard InChI is InChI=1S/C19H24N2O4/c1-13(2)9-11-25-17-8-7-15(12-18(17)23-4)19(22)21-20-14(3)16-6-5-10-24-16/h5-8,10,12-13H,9,11H2,1-4H3,(H,21,22)/b20-14+. The van der Waals surface area contributed by atoms with Gasteiger partial charge in [0.25, 0.3) is 5.91 Å². The average Bonchev–Trinajstić information content (AvgIpc) is 3.14. The third-order valence-electron chi connectivity index (χ3n) is 3.58. The van der Waals surface area contributed by atoms with Gasteiger partial charge < -0.3 is 13.9 Å². The minimum Gasteiger partial charge on any atom is -0.493 e. The summed E-state index contributed by atoms with van der Waals surface area (Å²) >= 11 is 0. The van der Waals surface area contributed by atoms with Gasteiger partial charge in [0.2, 0.25) is 0 Å². The van der Waals surface area contributed by atoms with Crippen LogP contribution in [-0.4, -0.2) is 25.3 Å². The summed E-state index contributed by atoms with van der Waals surface area (Å²) in [7, 11) is 1.55. The maximum Gasteiger partial charge on any atom is 0.271 e. The van der Waals surface area contributed by atoms with Crippen LogP contribution in [0.1, 0.15) is 43.3 Å². The number of furan rings is 1. The Balaban J connectivity index is 2.03. The first-order valence-electron chi connectivity index (χ1n) is 8.20. The van der Waals surface area contributed by atoms with Crippen molar-refractivity contribution >= 4 is 11.6 Å². The molecule has 2 aromatic rings. The third-order valence-corrected chi connectivity index (χ3v) is 3.58. The van der Waals surface area contributed by atoms with Gasteiger partial charge in [-0.2, -0.15) is 5.10 Å². The second-order valence-corrected chi connectivity index (χ2v) is 6.01. The molecule has 1 aromatic carbocycles. The maximum atomic E-state index is 12.3. The summed E-state index contributed by atoms with van der Waals surface area (Å²) in [5.74, 6) is 1.97. The number of nitrogens with one attached hydrogen (secondary N) is 1. The number of carbonyl (C=O) groups is 1. The van der Waals surface area contributed by atoms with Gasteiger partial charge in [-0.25, -0.2) is 5.43 Å². The maximum absolute atomic E-state index is 12.3. The van der Waals surface area contributed by atoms with E-state index in [0.717, 1.165) is 6.42 Å². The molecule has 25 heavy (non-hydrogen) atoms. The van der Waals surface area contributed by atoms with Crippen LogP contribution in [0.15, 0.2) is 46.1 Å². The highest BCUT2D eigenvalue weighted by atomic mass is 16.5. The summed E-state index contributed by atoms with van der Waals surface area (Å²) in [4.78, 5) is 12.3. The summed E-state index contributed by atoms with van der Waals surface area (Å²) in [5.41, 5.74) is 3.53. The molecule has 0 bridgehead atoms. The average molecular weight is 344 g/mol. The Morgan fingerprint density at radius 3 is 2.72 bits per heavy atom. The lowest BCUT2D eigenvalue weighted by Gasteiger charge is -2.12. The van der Waals surface area contributed by atoms with Crippen molar-refractivity contribution in [3.8, 4) is 11.5 Å². The van der Waals surface area contributed by atoms with E-state index >= 15 is 0 Å². The normalized spacial score (nSPS) is 11.5. The number of amides is 1. The molecule has 1 heterocycles. The van der Waals surface area contributed by atoms with Crippen LogP contribution in [0, 0.1) is 5.92 Å². The first kappa shape index (κ1) is 18.6. The Kier molecular flexibility index (Phi) is 6.62. The van der Waals surface area contributed by atoms with Gasteiger partial charge in [-0.3, -0.25) is 4.79 Å². The molecule has 6 heteroatoms. The SMILES string of the molecule is COc1cc(C(=O)N/N=C(\C)c2ccco2)ccc1OCCC(C)C. The fourth-order valence-electron chi connectivity index (χ4n) is 2.07. The summed E-state index contributed by atoms with van der Waals surface area (Å²) in [5, 5.41) is 4.04. The van der Waals surface area contributed by atoms with Crippen LogP contribution in [0.3, 0.4) is 0 Å². The molecule has 0 spiro atoms. The van der Waals surface area contributed by atoms with E-state index in [0.29, 0.717) is 41.1 Å². The smallest absolute Gasteiger partial charge is 0.271 e. The second-order valence-electron chi connectivity index (χ2n) is 6.01. The molecule has 1 amide bonds. The fourth-order valence-corrected chi connectivity index (χ4v) is 2.07. The van der Waals surface area contributed by atoms with Crippen molar-refractivity contribution in [1.82, 2.24) is 5.43 Å². The summed E-state index contributed by atoms with van der Waals surface area (Å²) < 4.78 is 16.3. The van der Waals surface area contributed by atoms with Crippen molar-refractivity contribution in [3.05, 3.63) is 47.9 Å². The first-order valence-corrected chi connectivity index (χ1v) is 8.20. The molecule has 0 atom stereocenters. The lowest BCUT2D eigenvalue weighted by atomic mass is 10.1. The van der Waals surface area contributed by atoms with E-state index in [9.17, 15) is 4.79 Å². The lowest BCUT2D eigenvalue weighted by molar-refractivity contribution is 0.0954. The van der Waals surface area contributed by atoms with Crippen molar-refractivity contribution < 1.29 is 18.7 Å². The monoisotopic (exact) mass is 344 g/mol. The van der Waals surface area contributed by atoms with E-state index in [1.54, 1.807) is 50.6 Å². The lowest BCUT2D eigenvalue weighted by Crippen LogP contribution is -2.19. The quantitative estimate of drug-likeness (QED) is 0.583. The van der Waals surface area contributed by atoms with E-state index in [-0.39, 0.29) is 5.91 Å². The van der Waals surface area contributed by atoms with Crippen molar-refractivity contribution in [2.75, 3.05) is 13.7 Å². The molecule has 0 saturated heterocycles. The van der Waals surface area contributed by atoms with Gasteiger partial charge in [-0.05, 0) is 49.6 Å². The molecule has 0 aliphatic heterocycles. The van der Waals surface area contributed by atoms with E-state index in [4.69, 9.17) is 13.9 Å². The number of nitrogens with zero attached hydrogens (tertiary/aromatic N) is 1. The molecular formula is C19H24N2O4. The fraction of sp³-hybridized carbons (Fsp3) is 0.368. The highest BCUT2D eigenvalue weighted by molar-refractivity contribution is 5.99. The number of rotatable bonds is 8. The Labute approximate surface area is 147 Å². The van der Waals surface area contributed by atoms with Crippen LogP contribution < -0.4 is 14.9 Å². The molecule has 2 rings (SSSR count). The zero-order valence-corrected chi connectivity index (χ0v) is 15.0. The molecule has 0 radical (unpaired) electrons. The van der Waals surface area contributed by atoms with Crippen molar-refractivity contribution in [1.29, 1.82) is 0 Å². The van der Waals surface area contributed by atoms with Gasteiger partial charge >= 0.3 is 0 Å². The van der Waals surface area contributed by atoms with Crippen molar-refractivity contribution in [3.63, 3.8) is 0 Å². The van der Waals surface area contributed by atoms with Gasteiger partial charge in [0.05, 0.1) is 20.0 Å².